The van der Waals surface area contributed by atoms with Gasteiger partial charge in [0.05, 0.1) is 16.7 Å². The molecule has 3 aromatic rings. The second-order valence-electron chi connectivity index (χ2n) is 6.19. The number of carbonyl (C=O) groups is 1. The number of halogens is 3. The number of rotatable bonds is 4. The molecule has 4 N–H and O–H groups in total. The first kappa shape index (κ1) is 19.3. The molecule has 2 heterocycles. The number of para-hydroxylation sites is 1. The predicted molar refractivity (Wildman–Crippen MR) is 98.3 cm³/mol. The highest BCUT2D eigenvalue weighted by atomic mass is 19.4. The maximum Gasteiger partial charge on any atom is 0.433 e. The van der Waals surface area contributed by atoms with E-state index in [0.29, 0.717) is 22.3 Å². The van der Waals surface area contributed by atoms with Crippen molar-refractivity contribution in [2.75, 3.05) is 24.3 Å². The van der Waals surface area contributed by atoms with Crippen molar-refractivity contribution in [1.82, 2.24) is 20.3 Å². The number of pyridine rings is 1. The van der Waals surface area contributed by atoms with Crippen molar-refractivity contribution in [3.8, 4) is 0 Å². The molecule has 3 rings (SSSR count). The Kier molecular flexibility index (Phi) is 4.99. The summed E-state index contributed by atoms with van der Waals surface area (Å²) in [7, 11) is 3.13. The fourth-order valence-electron chi connectivity index (χ4n) is 2.66. The van der Waals surface area contributed by atoms with Gasteiger partial charge in [0.1, 0.15) is 11.5 Å². The van der Waals surface area contributed by atoms with Crippen LogP contribution >= 0.6 is 0 Å². The van der Waals surface area contributed by atoms with Crippen LogP contribution in [-0.2, 0) is 12.7 Å². The molecule has 28 heavy (non-hydrogen) atoms. The smallest absolute Gasteiger partial charge is 0.362 e. The van der Waals surface area contributed by atoms with Crippen molar-refractivity contribution in [2.45, 2.75) is 12.7 Å². The Balaban J connectivity index is 1.74. The summed E-state index contributed by atoms with van der Waals surface area (Å²) in [5.74, 6) is 0.104. The van der Waals surface area contributed by atoms with Gasteiger partial charge < -0.3 is 25.5 Å². The zero-order chi connectivity index (χ0) is 20.5. The summed E-state index contributed by atoms with van der Waals surface area (Å²) < 4.78 is 38.6. The van der Waals surface area contributed by atoms with Gasteiger partial charge in [0, 0.05) is 26.2 Å². The van der Waals surface area contributed by atoms with Crippen LogP contribution in [0.15, 0.2) is 35.1 Å². The molecule has 0 aliphatic rings. The molecule has 2 amide bonds. The Labute approximate surface area is 156 Å². The number of amides is 2. The molecule has 11 heteroatoms. The van der Waals surface area contributed by atoms with E-state index in [1.54, 1.807) is 32.3 Å². The minimum atomic E-state index is -4.56. The molecule has 0 bridgehead atoms. The molecule has 0 aliphatic carbocycles. The zero-order valence-electron chi connectivity index (χ0n) is 14.9. The van der Waals surface area contributed by atoms with Gasteiger partial charge >= 0.3 is 17.9 Å². The lowest BCUT2D eigenvalue weighted by Crippen LogP contribution is -2.29. The van der Waals surface area contributed by atoms with Crippen LogP contribution in [-0.4, -0.2) is 35.1 Å². The fourth-order valence-corrected chi connectivity index (χ4v) is 2.66. The van der Waals surface area contributed by atoms with Gasteiger partial charge in [-0.3, -0.25) is 0 Å². The number of imidazole rings is 1. The van der Waals surface area contributed by atoms with Gasteiger partial charge in [-0.15, -0.1) is 0 Å². The fraction of sp³-hybridized carbons (Fsp3) is 0.235. The second kappa shape index (κ2) is 7.25. The topological polar surface area (TPSA) is 106 Å². The Bertz CT molecular complexity index is 1070. The molecule has 2 aromatic heterocycles. The van der Waals surface area contributed by atoms with Gasteiger partial charge in [-0.05, 0) is 18.2 Å². The minimum absolute atomic E-state index is 0.0376. The number of nitrogens with zero attached hydrogens (tertiary/aromatic N) is 2. The van der Waals surface area contributed by atoms with E-state index in [1.807, 2.05) is 0 Å². The third-order valence-electron chi connectivity index (χ3n) is 3.91. The Morgan fingerprint density at radius 2 is 1.93 bits per heavy atom. The molecular formula is C17H17F3N6O2. The van der Waals surface area contributed by atoms with Crippen molar-refractivity contribution in [1.29, 1.82) is 0 Å². The average Bonchev–Trinajstić information content (AvgIpc) is 3.00. The number of H-pyrrole nitrogens is 2. The number of fused-ring (bicyclic) bond motifs is 1. The minimum Gasteiger partial charge on any atom is -0.362 e. The zero-order valence-corrected chi connectivity index (χ0v) is 14.9. The number of aromatic amines is 2. The molecule has 0 saturated heterocycles. The normalized spacial score (nSPS) is 11.5. The molecule has 8 nitrogen and oxygen atoms in total. The van der Waals surface area contributed by atoms with E-state index in [0.717, 1.165) is 6.07 Å². The van der Waals surface area contributed by atoms with E-state index in [4.69, 9.17) is 0 Å². The second-order valence-corrected chi connectivity index (χ2v) is 6.19. The summed E-state index contributed by atoms with van der Waals surface area (Å²) >= 11 is 0. The summed E-state index contributed by atoms with van der Waals surface area (Å²) in [5, 5.41) is 5.17. The van der Waals surface area contributed by atoms with Gasteiger partial charge in [-0.1, -0.05) is 12.1 Å². The average molecular weight is 394 g/mol. The number of urea groups is 1. The quantitative estimate of drug-likeness (QED) is 0.546. The summed E-state index contributed by atoms with van der Waals surface area (Å²) in [4.78, 5) is 33.8. The van der Waals surface area contributed by atoms with E-state index >= 15 is 0 Å². The molecule has 0 fully saturated rings. The van der Waals surface area contributed by atoms with Gasteiger partial charge in [0.15, 0.2) is 0 Å². The van der Waals surface area contributed by atoms with Crippen LogP contribution in [0.1, 0.15) is 11.3 Å². The van der Waals surface area contributed by atoms with E-state index < -0.39 is 23.6 Å². The Hall–Kier alpha value is -3.50. The number of benzene rings is 1. The standard InChI is InChI=1S/C17H17F3N6O2/c1-26(2)14-9(6-7-12(24-14)17(18,19)20)8-21-15(27)22-10-4-3-5-11-13(10)25-16(28)23-11/h3-7H,8H2,1-2H3,(H2,21,22,27)(H2,23,25,28). The molecule has 148 valence electrons. The highest BCUT2D eigenvalue weighted by Gasteiger charge is 2.33. The van der Waals surface area contributed by atoms with Gasteiger partial charge in [0.2, 0.25) is 0 Å². The van der Waals surface area contributed by atoms with Crippen LogP contribution in [0, 0.1) is 0 Å². The highest BCUT2D eigenvalue weighted by molar-refractivity contribution is 5.98. The van der Waals surface area contributed by atoms with Crippen LogP contribution in [0.25, 0.3) is 11.0 Å². The van der Waals surface area contributed by atoms with E-state index in [1.165, 1.54) is 11.0 Å². The lowest BCUT2D eigenvalue weighted by Gasteiger charge is -2.18. The lowest BCUT2D eigenvalue weighted by atomic mass is 10.2. The molecule has 0 saturated carbocycles. The van der Waals surface area contributed by atoms with Crippen molar-refractivity contribution >= 4 is 28.6 Å². The molecule has 0 spiro atoms. The first-order valence-electron chi connectivity index (χ1n) is 8.15. The number of anilines is 2. The molecule has 0 unspecified atom stereocenters. The van der Waals surface area contributed by atoms with Crippen LogP contribution in [0.5, 0.6) is 0 Å². The maximum absolute atomic E-state index is 12.9. The SMILES string of the molecule is CN(C)c1nc(C(F)(F)F)ccc1CNC(=O)Nc1cccc2[nH]c(=O)[nH]c12. The van der Waals surface area contributed by atoms with E-state index in [2.05, 4.69) is 25.6 Å². The third-order valence-corrected chi connectivity index (χ3v) is 3.91. The number of nitrogens with one attached hydrogen (secondary N) is 4. The highest BCUT2D eigenvalue weighted by Crippen LogP contribution is 2.30. The van der Waals surface area contributed by atoms with Crippen molar-refractivity contribution < 1.29 is 18.0 Å². The lowest BCUT2D eigenvalue weighted by molar-refractivity contribution is -0.141. The number of hydrogen-bond donors (Lipinski definition) is 4. The summed E-state index contributed by atoms with van der Waals surface area (Å²) in [6, 6.07) is 6.50. The number of alkyl halides is 3. The van der Waals surface area contributed by atoms with E-state index in [9.17, 15) is 22.8 Å². The first-order chi connectivity index (χ1) is 13.1. The van der Waals surface area contributed by atoms with Gasteiger partial charge in [-0.25, -0.2) is 14.6 Å². The number of carbonyl (C=O) groups excluding carboxylic acids is 1. The molecule has 0 radical (unpaired) electrons. The Morgan fingerprint density at radius 1 is 1.18 bits per heavy atom. The monoisotopic (exact) mass is 394 g/mol. The summed E-state index contributed by atoms with van der Waals surface area (Å²) in [6.45, 7) is -0.0376. The van der Waals surface area contributed by atoms with Crippen molar-refractivity contribution in [3.63, 3.8) is 0 Å². The van der Waals surface area contributed by atoms with E-state index in [-0.39, 0.29) is 12.4 Å². The number of hydrogen-bond acceptors (Lipinski definition) is 4. The van der Waals surface area contributed by atoms with Crippen LogP contribution in [0.3, 0.4) is 0 Å². The first-order valence-corrected chi connectivity index (χ1v) is 8.15. The van der Waals surface area contributed by atoms with Crippen LogP contribution < -0.4 is 21.2 Å². The van der Waals surface area contributed by atoms with Gasteiger partial charge in [0.25, 0.3) is 0 Å². The van der Waals surface area contributed by atoms with Crippen molar-refractivity contribution in [2.24, 2.45) is 0 Å². The molecular weight excluding hydrogens is 377 g/mol. The summed E-state index contributed by atoms with van der Waals surface area (Å²) in [5.41, 5.74) is 0.356. The summed E-state index contributed by atoms with van der Waals surface area (Å²) in [6.07, 6.45) is -4.56. The number of aromatic nitrogens is 3. The van der Waals surface area contributed by atoms with Crippen LogP contribution in [0.2, 0.25) is 0 Å². The maximum atomic E-state index is 12.9. The molecule has 0 atom stereocenters. The van der Waals surface area contributed by atoms with Crippen molar-refractivity contribution in [3.05, 3.63) is 52.1 Å². The largest absolute Gasteiger partial charge is 0.433 e. The Morgan fingerprint density at radius 3 is 2.61 bits per heavy atom. The predicted octanol–water partition coefficient (Wildman–Crippen LogP) is 2.66. The third kappa shape index (κ3) is 4.08. The van der Waals surface area contributed by atoms with Crippen LogP contribution in [0.4, 0.5) is 29.5 Å². The molecule has 0 aliphatic heterocycles. The molecule has 1 aromatic carbocycles. The van der Waals surface area contributed by atoms with Gasteiger partial charge in [-0.2, -0.15) is 13.2 Å².